The van der Waals surface area contributed by atoms with E-state index in [4.69, 9.17) is 5.11 Å². The molecule has 104 valence electrons. The number of fused-ring (bicyclic) bond motifs is 1. The van der Waals surface area contributed by atoms with Crippen LogP contribution in [0.5, 0.6) is 0 Å². The summed E-state index contributed by atoms with van der Waals surface area (Å²) in [5, 5.41) is 20.0. The Bertz CT molecular complexity index is 675. The fraction of sp³-hybridized carbons (Fsp3) is 0.214. The molecule has 0 amide bonds. The molecule has 0 saturated carbocycles. The lowest BCUT2D eigenvalue weighted by molar-refractivity contribution is -0.161. The summed E-state index contributed by atoms with van der Waals surface area (Å²) in [6.07, 6.45) is 0.602. The molecule has 6 nitrogen and oxygen atoms in total. The summed E-state index contributed by atoms with van der Waals surface area (Å²) in [5.74, 6) is -2.48. The van der Waals surface area contributed by atoms with Crippen LogP contribution in [0.4, 0.5) is 0 Å². The number of rotatable bonds is 6. The molecule has 0 aliphatic rings. The van der Waals surface area contributed by atoms with Crippen LogP contribution in [-0.4, -0.2) is 38.8 Å². The molecule has 0 unspecified atom stereocenters. The number of Topliss-reactive ketones (excluding diaryl/α,β-unsaturated/α-hetero) is 1. The molecule has 0 spiro atoms. The lowest BCUT2D eigenvalue weighted by Gasteiger charge is -2.21. The number of aromatic amines is 1. The van der Waals surface area contributed by atoms with E-state index < -0.39 is 23.8 Å². The molecular weight excluding hydrogens is 262 g/mol. The topological polar surface area (TPSA) is 107 Å². The number of H-pyrrole nitrogens is 1. The predicted octanol–water partition coefficient (Wildman–Crippen LogP) is 0.684. The fourth-order valence-electron chi connectivity index (χ4n) is 2.14. The highest BCUT2D eigenvalue weighted by Crippen LogP contribution is 2.24. The number of ketones is 1. The number of aromatic nitrogens is 1. The van der Waals surface area contributed by atoms with Gasteiger partial charge >= 0.3 is 5.97 Å². The number of para-hydroxylation sites is 1. The van der Waals surface area contributed by atoms with Crippen molar-refractivity contribution in [1.82, 2.24) is 4.98 Å². The number of nitrogens with one attached hydrogen (secondary N) is 1. The maximum atomic E-state index is 11.2. The molecule has 1 aromatic carbocycles. The minimum atomic E-state index is -2.29. The number of aldehydes is 1. The van der Waals surface area contributed by atoms with Crippen LogP contribution in [0.1, 0.15) is 12.0 Å². The summed E-state index contributed by atoms with van der Waals surface area (Å²) in [6, 6.07) is 7.21. The summed E-state index contributed by atoms with van der Waals surface area (Å²) in [7, 11) is 0. The van der Waals surface area contributed by atoms with E-state index in [0.29, 0.717) is 5.56 Å². The molecule has 1 atom stereocenters. The average molecular weight is 275 g/mol. The van der Waals surface area contributed by atoms with Crippen molar-refractivity contribution < 1.29 is 24.6 Å². The van der Waals surface area contributed by atoms with E-state index in [-0.39, 0.29) is 12.7 Å². The molecule has 0 aliphatic carbocycles. The number of carbonyl (C=O) groups is 3. The number of aliphatic carboxylic acids is 1. The number of carbonyl (C=O) groups excluding carboxylic acids is 2. The van der Waals surface area contributed by atoms with Crippen LogP contribution in [-0.2, 0) is 20.8 Å². The molecule has 0 fully saturated rings. The first kappa shape index (κ1) is 14.0. The van der Waals surface area contributed by atoms with Crippen molar-refractivity contribution in [3.05, 3.63) is 36.0 Å². The third-order valence-corrected chi connectivity index (χ3v) is 3.15. The molecule has 1 heterocycles. The van der Waals surface area contributed by atoms with Crippen LogP contribution < -0.4 is 0 Å². The van der Waals surface area contributed by atoms with Crippen LogP contribution in [0.2, 0.25) is 0 Å². The number of benzene rings is 1. The Balaban J connectivity index is 2.35. The Hall–Kier alpha value is -2.47. The van der Waals surface area contributed by atoms with Gasteiger partial charge < -0.3 is 15.2 Å². The lowest BCUT2D eigenvalue weighted by atomic mass is 9.89. The summed E-state index contributed by atoms with van der Waals surface area (Å²) < 4.78 is 0. The van der Waals surface area contributed by atoms with Gasteiger partial charge in [-0.15, -0.1) is 0 Å². The van der Waals surface area contributed by atoms with E-state index in [0.717, 1.165) is 10.9 Å². The first-order valence-electron chi connectivity index (χ1n) is 5.95. The molecule has 1 aromatic heterocycles. The molecule has 0 radical (unpaired) electrons. The Morgan fingerprint density at radius 1 is 1.30 bits per heavy atom. The molecule has 0 saturated heterocycles. The van der Waals surface area contributed by atoms with Crippen molar-refractivity contribution >= 4 is 28.9 Å². The van der Waals surface area contributed by atoms with Crippen LogP contribution in [0, 0.1) is 0 Å². The van der Waals surface area contributed by atoms with Crippen LogP contribution in [0.3, 0.4) is 0 Å². The summed E-state index contributed by atoms with van der Waals surface area (Å²) in [4.78, 5) is 35.7. The van der Waals surface area contributed by atoms with Gasteiger partial charge in [-0.25, -0.2) is 4.79 Å². The van der Waals surface area contributed by atoms with Crippen molar-refractivity contribution in [2.24, 2.45) is 0 Å². The quantitative estimate of drug-likeness (QED) is 0.531. The zero-order valence-electron chi connectivity index (χ0n) is 10.5. The normalized spacial score (nSPS) is 13.8. The second-order valence-electron chi connectivity index (χ2n) is 4.63. The van der Waals surface area contributed by atoms with Crippen molar-refractivity contribution in [3.63, 3.8) is 0 Å². The fourth-order valence-corrected chi connectivity index (χ4v) is 2.14. The van der Waals surface area contributed by atoms with Gasteiger partial charge in [-0.3, -0.25) is 9.59 Å². The summed E-state index contributed by atoms with van der Waals surface area (Å²) in [6.45, 7) is 0. The Morgan fingerprint density at radius 2 is 2.00 bits per heavy atom. The van der Waals surface area contributed by atoms with Gasteiger partial charge in [0.25, 0.3) is 0 Å². The standard InChI is InChI=1S/C14H13NO5/c16-8-10(17)6-14(20,13(18)19)5-9-7-15-12-4-2-1-3-11(9)12/h1-4,7-8,15,20H,5-6H2,(H,18,19)/t14-/m1/s1. The number of carboxylic acid groups (broad SMARTS) is 1. The van der Waals surface area contributed by atoms with Gasteiger partial charge in [-0.05, 0) is 11.6 Å². The Morgan fingerprint density at radius 3 is 2.65 bits per heavy atom. The predicted molar refractivity (Wildman–Crippen MR) is 70.3 cm³/mol. The minimum Gasteiger partial charge on any atom is -0.479 e. The SMILES string of the molecule is O=CC(=O)C[C@](O)(Cc1c[nH]c2ccccc12)C(=O)O. The first-order valence-corrected chi connectivity index (χ1v) is 5.95. The van der Waals surface area contributed by atoms with E-state index in [9.17, 15) is 19.5 Å². The highest BCUT2D eigenvalue weighted by atomic mass is 16.4. The van der Waals surface area contributed by atoms with Crippen molar-refractivity contribution in [2.75, 3.05) is 0 Å². The molecule has 2 aromatic rings. The van der Waals surface area contributed by atoms with Crippen molar-refractivity contribution in [2.45, 2.75) is 18.4 Å². The molecule has 20 heavy (non-hydrogen) atoms. The van der Waals surface area contributed by atoms with Gasteiger partial charge in [-0.2, -0.15) is 0 Å². The summed E-state index contributed by atoms with van der Waals surface area (Å²) in [5.41, 5.74) is -0.913. The third kappa shape index (κ3) is 2.60. The van der Waals surface area contributed by atoms with Gasteiger partial charge in [0.15, 0.2) is 17.7 Å². The van der Waals surface area contributed by atoms with Gasteiger partial charge in [-0.1, -0.05) is 18.2 Å². The Labute approximate surface area is 114 Å². The Kier molecular flexibility index (Phi) is 3.67. The lowest BCUT2D eigenvalue weighted by Crippen LogP contribution is -2.43. The zero-order chi connectivity index (χ0) is 14.8. The highest BCUT2D eigenvalue weighted by molar-refractivity contribution is 6.25. The molecular formula is C14H13NO5. The maximum absolute atomic E-state index is 11.2. The number of hydrogen-bond acceptors (Lipinski definition) is 4. The smallest absolute Gasteiger partial charge is 0.336 e. The van der Waals surface area contributed by atoms with Gasteiger partial charge in [0.05, 0.1) is 6.42 Å². The van der Waals surface area contributed by atoms with E-state index in [1.54, 1.807) is 18.3 Å². The third-order valence-electron chi connectivity index (χ3n) is 3.15. The molecule has 3 N–H and O–H groups in total. The summed E-state index contributed by atoms with van der Waals surface area (Å²) >= 11 is 0. The molecule has 0 aliphatic heterocycles. The van der Waals surface area contributed by atoms with Crippen LogP contribution >= 0.6 is 0 Å². The van der Waals surface area contributed by atoms with E-state index in [2.05, 4.69) is 4.98 Å². The highest BCUT2D eigenvalue weighted by Gasteiger charge is 2.38. The zero-order valence-corrected chi connectivity index (χ0v) is 10.5. The van der Waals surface area contributed by atoms with Gasteiger partial charge in [0, 0.05) is 23.5 Å². The second-order valence-corrected chi connectivity index (χ2v) is 4.63. The van der Waals surface area contributed by atoms with Crippen LogP contribution in [0.25, 0.3) is 10.9 Å². The second kappa shape index (κ2) is 5.26. The van der Waals surface area contributed by atoms with Crippen molar-refractivity contribution in [3.8, 4) is 0 Å². The average Bonchev–Trinajstić information content (AvgIpc) is 2.81. The first-order chi connectivity index (χ1) is 9.46. The number of hydrogen-bond donors (Lipinski definition) is 3. The molecule has 2 rings (SSSR count). The largest absolute Gasteiger partial charge is 0.479 e. The minimum absolute atomic E-state index is 0.0170. The van der Waals surface area contributed by atoms with Gasteiger partial charge in [0.2, 0.25) is 0 Å². The van der Waals surface area contributed by atoms with E-state index >= 15 is 0 Å². The molecule has 0 bridgehead atoms. The van der Waals surface area contributed by atoms with E-state index in [1.807, 2.05) is 12.1 Å². The van der Waals surface area contributed by atoms with E-state index in [1.165, 1.54) is 0 Å². The monoisotopic (exact) mass is 275 g/mol. The van der Waals surface area contributed by atoms with Crippen LogP contribution in [0.15, 0.2) is 30.5 Å². The van der Waals surface area contributed by atoms with Gasteiger partial charge in [0.1, 0.15) is 0 Å². The number of carboxylic acids is 1. The maximum Gasteiger partial charge on any atom is 0.336 e. The molecule has 6 heteroatoms. The van der Waals surface area contributed by atoms with Crippen molar-refractivity contribution in [1.29, 1.82) is 0 Å². The number of aliphatic hydroxyl groups is 1.